The van der Waals surface area contributed by atoms with Crippen LogP contribution in [-0.2, 0) is 0 Å². The van der Waals surface area contributed by atoms with Gasteiger partial charge in [0.15, 0.2) is 0 Å². The second kappa shape index (κ2) is 7.83. The smallest absolute Gasteiger partial charge is 0.147 e. The predicted octanol–water partition coefficient (Wildman–Crippen LogP) is 5.96. The lowest BCUT2D eigenvalue weighted by Crippen LogP contribution is -2.19. The Morgan fingerprint density at radius 1 is 1.19 bits per heavy atom. The third-order valence-corrected chi connectivity index (χ3v) is 4.00. The number of para-hydroxylation sites is 1. The predicted molar refractivity (Wildman–Crippen MR) is 92.4 cm³/mol. The highest BCUT2D eigenvalue weighted by molar-refractivity contribution is 9.10. The zero-order valence-electron chi connectivity index (χ0n) is 12.2. The quantitative estimate of drug-likeness (QED) is 0.679. The van der Waals surface area contributed by atoms with Gasteiger partial charge in [0.2, 0.25) is 0 Å². The molecule has 2 aromatic rings. The van der Waals surface area contributed by atoms with E-state index in [0.29, 0.717) is 10.8 Å². The van der Waals surface area contributed by atoms with Crippen molar-refractivity contribution in [3.63, 3.8) is 0 Å². The standard InChI is InChI=1S/C17H19BrClNO/c1-3-10-20-12(2)14-6-4-5-7-16(14)21-17-11-13(18)8-9-15(17)19/h4-9,11-12,20H,3,10H2,1-2H3. The molecule has 0 amide bonds. The van der Waals surface area contributed by atoms with Crippen LogP contribution in [0.15, 0.2) is 46.9 Å². The van der Waals surface area contributed by atoms with Crippen molar-refractivity contribution in [3.05, 3.63) is 57.5 Å². The lowest BCUT2D eigenvalue weighted by Gasteiger charge is -2.18. The monoisotopic (exact) mass is 367 g/mol. The fourth-order valence-corrected chi connectivity index (χ4v) is 2.57. The molecule has 2 aromatic carbocycles. The lowest BCUT2D eigenvalue weighted by atomic mass is 10.1. The van der Waals surface area contributed by atoms with Gasteiger partial charge in [-0.1, -0.05) is 52.7 Å². The first-order valence-corrected chi connectivity index (χ1v) is 8.24. The van der Waals surface area contributed by atoms with Crippen LogP contribution in [0.25, 0.3) is 0 Å². The number of rotatable bonds is 6. The van der Waals surface area contributed by atoms with Gasteiger partial charge in [-0.25, -0.2) is 0 Å². The number of nitrogens with one attached hydrogen (secondary N) is 1. The SMILES string of the molecule is CCCNC(C)c1ccccc1Oc1cc(Br)ccc1Cl. The van der Waals surface area contributed by atoms with Crippen molar-refractivity contribution in [3.8, 4) is 11.5 Å². The van der Waals surface area contributed by atoms with Crippen LogP contribution in [0.1, 0.15) is 31.9 Å². The second-order valence-corrected chi connectivity index (χ2v) is 6.21. The number of hydrogen-bond donors (Lipinski definition) is 1. The third kappa shape index (κ3) is 4.47. The molecule has 4 heteroatoms. The van der Waals surface area contributed by atoms with E-state index < -0.39 is 0 Å². The Labute approximate surface area is 139 Å². The second-order valence-electron chi connectivity index (χ2n) is 4.89. The summed E-state index contributed by atoms with van der Waals surface area (Å²) in [5, 5.41) is 4.08. The Hall–Kier alpha value is -1.03. The third-order valence-electron chi connectivity index (χ3n) is 3.20. The van der Waals surface area contributed by atoms with E-state index in [1.165, 1.54) is 0 Å². The Morgan fingerprint density at radius 3 is 2.71 bits per heavy atom. The van der Waals surface area contributed by atoms with Gasteiger partial charge in [0, 0.05) is 16.1 Å². The van der Waals surface area contributed by atoms with E-state index in [4.69, 9.17) is 16.3 Å². The van der Waals surface area contributed by atoms with Crippen LogP contribution < -0.4 is 10.1 Å². The zero-order valence-corrected chi connectivity index (χ0v) is 14.5. The number of ether oxygens (including phenoxy) is 1. The van der Waals surface area contributed by atoms with Crippen molar-refractivity contribution in [2.45, 2.75) is 26.3 Å². The molecule has 1 N–H and O–H groups in total. The van der Waals surface area contributed by atoms with E-state index in [2.05, 4.69) is 41.2 Å². The molecule has 0 saturated heterocycles. The summed E-state index contributed by atoms with van der Waals surface area (Å²) in [6.07, 6.45) is 1.10. The molecule has 2 nitrogen and oxygen atoms in total. The minimum atomic E-state index is 0.229. The van der Waals surface area contributed by atoms with E-state index in [1.807, 2.05) is 36.4 Å². The molecule has 21 heavy (non-hydrogen) atoms. The van der Waals surface area contributed by atoms with E-state index >= 15 is 0 Å². The molecule has 0 heterocycles. The lowest BCUT2D eigenvalue weighted by molar-refractivity contribution is 0.461. The van der Waals surface area contributed by atoms with Crippen molar-refractivity contribution < 1.29 is 4.74 Å². The highest BCUT2D eigenvalue weighted by atomic mass is 79.9. The van der Waals surface area contributed by atoms with Crippen molar-refractivity contribution in [2.24, 2.45) is 0 Å². The summed E-state index contributed by atoms with van der Waals surface area (Å²) in [6, 6.07) is 13.9. The van der Waals surface area contributed by atoms with Crippen LogP contribution in [0.3, 0.4) is 0 Å². The van der Waals surface area contributed by atoms with E-state index in [-0.39, 0.29) is 6.04 Å². The Bertz CT molecular complexity index is 603. The maximum absolute atomic E-state index is 6.20. The van der Waals surface area contributed by atoms with E-state index in [1.54, 1.807) is 0 Å². The van der Waals surface area contributed by atoms with Gasteiger partial charge in [-0.05, 0) is 44.2 Å². The first-order valence-electron chi connectivity index (χ1n) is 7.07. The summed E-state index contributed by atoms with van der Waals surface area (Å²) in [4.78, 5) is 0. The van der Waals surface area contributed by atoms with Crippen LogP contribution in [0.4, 0.5) is 0 Å². The molecule has 0 spiro atoms. The molecule has 2 rings (SSSR count). The van der Waals surface area contributed by atoms with Gasteiger partial charge in [-0.2, -0.15) is 0 Å². The van der Waals surface area contributed by atoms with Gasteiger partial charge in [-0.15, -0.1) is 0 Å². The van der Waals surface area contributed by atoms with Crippen molar-refractivity contribution in [1.29, 1.82) is 0 Å². The first-order chi connectivity index (χ1) is 10.1. The summed E-state index contributed by atoms with van der Waals surface area (Å²) in [6.45, 7) is 5.27. The summed E-state index contributed by atoms with van der Waals surface area (Å²) in [5.74, 6) is 1.48. The first kappa shape index (κ1) is 16.3. The van der Waals surface area contributed by atoms with Crippen LogP contribution >= 0.6 is 27.5 Å². The fraction of sp³-hybridized carbons (Fsp3) is 0.294. The van der Waals surface area contributed by atoms with E-state index in [9.17, 15) is 0 Å². The van der Waals surface area contributed by atoms with Crippen LogP contribution in [0, 0.1) is 0 Å². The van der Waals surface area contributed by atoms with Crippen molar-refractivity contribution >= 4 is 27.5 Å². The average molecular weight is 369 g/mol. The molecule has 0 aromatic heterocycles. The summed E-state index contributed by atoms with van der Waals surface area (Å²) in [7, 11) is 0. The normalized spacial score (nSPS) is 12.2. The molecule has 0 aliphatic heterocycles. The summed E-state index contributed by atoms with van der Waals surface area (Å²) < 4.78 is 6.96. The molecule has 1 unspecified atom stereocenters. The topological polar surface area (TPSA) is 21.3 Å². The van der Waals surface area contributed by atoms with Crippen molar-refractivity contribution in [2.75, 3.05) is 6.54 Å². The summed E-state index contributed by atoms with van der Waals surface area (Å²) in [5.41, 5.74) is 1.13. The van der Waals surface area contributed by atoms with Gasteiger partial charge in [0.05, 0.1) is 5.02 Å². The Morgan fingerprint density at radius 2 is 1.95 bits per heavy atom. The molecular formula is C17H19BrClNO. The van der Waals surface area contributed by atoms with Gasteiger partial charge < -0.3 is 10.1 Å². The Balaban J connectivity index is 2.25. The number of halogens is 2. The van der Waals surface area contributed by atoms with E-state index in [0.717, 1.165) is 28.8 Å². The number of hydrogen-bond acceptors (Lipinski definition) is 2. The van der Waals surface area contributed by atoms with Crippen LogP contribution in [-0.4, -0.2) is 6.54 Å². The van der Waals surface area contributed by atoms with Crippen LogP contribution in [0.2, 0.25) is 5.02 Å². The number of benzene rings is 2. The van der Waals surface area contributed by atoms with Gasteiger partial charge >= 0.3 is 0 Å². The molecule has 0 aliphatic carbocycles. The molecule has 112 valence electrons. The Kier molecular flexibility index (Phi) is 6.09. The molecular weight excluding hydrogens is 350 g/mol. The average Bonchev–Trinajstić information content (AvgIpc) is 2.49. The maximum Gasteiger partial charge on any atom is 0.147 e. The largest absolute Gasteiger partial charge is 0.455 e. The minimum Gasteiger partial charge on any atom is -0.455 e. The highest BCUT2D eigenvalue weighted by Gasteiger charge is 2.12. The van der Waals surface area contributed by atoms with Gasteiger partial charge in [0.1, 0.15) is 11.5 Å². The maximum atomic E-state index is 6.20. The highest BCUT2D eigenvalue weighted by Crippen LogP contribution is 2.35. The molecule has 1 atom stereocenters. The minimum absolute atomic E-state index is 0.229. The molecule has 0 saturated carbocycles. The summed E-state index contributed by atoms with van der Waals surface area (Å²) >= 11 is 9.64. The molecule has 0 radical (unpaired) electrons. The molecule has 0 fully saturated rings. The van der Waals surface area contributed by atoms with Gasteiger partial charge in [-0.3, -0.25) is 0 Å². The van der Waals surface area contributed by atoms with Gasteiger partial charge in [0.25, 0.3) is 0 Å². The molecule has 0 bridgehead atoms. The van der Waals surface area contributed by atoms with Crippen LogP contribution in [0.5, 0.6) is 11.5 Å². The zero-order chi connectivity index (χ0) is 15.2. The molecule has 0 aliphatic rings. The van der Waals surface area contributed by atoms with Crippen molar-refractivity contribution in [1.82, 2.24) is 5.32 Å². The fourth-order valence-electron chi connectivity index (χ4n) is 2.08.